The van der Waals surface area contributed by atoms with Crippen LogP contribution in [-0.4, -0.2) is 62.7 Å². The highest BCUT2D eigenvalue weighted by Crippen LogP contribution is 2.32. The standard InChI is InChI=1S/C24H30ClN3O4S2/c1-4-27(5-2)14-15-28(24-26-21-12-9-19(32-6-3)17-22(21)33-24)23(29)13-16-34(30,31)20-10-7-18(25)8-11-20/h7-12,17H,4-6,13-16H2,1-3H3. The van der Waals surface area contributed by atoms with Crippen molar-refractivity contribution in [3.05, 3.63) is 47.5 Å². The quantitative estimate of drug-likeness (QED) is 0.336. The van der Waals surface area contributed by atoms with Crippen molar-refractivity contribution in [3.63, 3.8) is 0 Å². The predicted molar refractivity (Wildman–Crippen MR) is 139 cm³/mol. The summed E-state index contributed by atoms with van der Waals surface area (Å²) in [5.74, 6) is 0.197. The fourth-order valence-corrected chi connectivity index (χ4v) is 5.88. The van der Waals surface area contributed by atoms with Crippen molar-refractivity contribution in [1.82, 2.24) is 9.88 Å². The Morgan fingerprint density at radius 2 is 1.76 bits per heavy atom. The highest BCUT2D eigenvalue weighted by atomic mass is 35.5. The number of ether oxygens (including phenoxy) is 1. The van der Waals surface area contributed by atoms with Crippen molar-refractivity contribution in [1.29, 1.82) is 0 Å². The summed E-state index contributed by atoms with van der Waals surface area (Å²) >= 11 is 7.27. The summed E-state index contributed by atoms with van der Waals surface area (Å²) in [7, 11) is -3.62. The number of thiazole rings is 1. The van der Waals surface area contributed by atoms with Crippen LogP contribution >= 0.6 is 22.9 Å². The number of hydrogen-bond donors (Lipinski definition) is 0. The summed E-state index contributed by atoms with van der Waals surface area (Å²) < 4.78 is 32.0. The van der Waals surface area contributed by atoms with E-state index in [-0.39, 0.29) is 23.0 Å². The molecule has 0 atom stereocenters. The van der Waals surface area contributed by atoms with Crippen LogP contribution in [0.1, 0.15) is 27.2 Å². The van der Waals surface area contributed by atoms with Gasteiger partial charge in [0.15, 0.2) is 15.0 Å². The second kappa shape index (κ2) is 12.0. The molecule has 0 spiro atoms. The molecule has 0 aliphatic carbocycles. The van der Waals surface area contributed by atoms with Crippen molar-refractivity contribution < 1.29 is 17.9 Å². The summed E-state index contributed by atoms with van der Waals surface area (Å²) in [6.07, 6.45) is -0.136. The first-order valence-corrected chi connectivity index (χ1v) is 14.2. The maximum Gasteiger partial charge on any atom is 0.229 e. The Bertz CT molecular complexity index is 1210. The molecule has 0 bridgehead atoms. The van der Waals surface area contributed by atoms with Gasteiger partial charge < -0.3 is 9.64 Å². The molecule has 0 saturated heterocycles. The molecular formula is C24H30ClN3O4S2. The van der Waals surface area contributed by atoms with Crippen LogP contribution in [0, 0.1) is 0 Å². The zero-order valence-electron chi connectivity index (χ0n) is 19.7. The van der Waals surface area contributed by atoms with Gasteiger partial charge in [-0.3, -0.25) is 9.69 Å². The lowest BCUT2D eigenvalue weighted by molar-refractivity contribution is -0.118. The topological polar surface area (TPSA) is 79.8 Å². The van der Waals surface area contributed by atoms with Gasteiger partial charge in [0, 0.05) is 24.5 Å². The van der Waals surface area contributed by atoms with Gasteiger partial charge in [-0.1, -0.05) is 36.8 Å². The van der Waals surface area contributed by atoms with Crippen LogP contribution < -0.4 is 9.64 Å². The second-order valence-electron chi connectivity index (χ2n) is 7.65. The zero-order valence-corrected chi connectivity index (χ0v) is 22.0. The van der Waals surface area contributed by atoms with Crippen molar-refractivity contribution >= 4 is 54.0 Å². The van der Waals surface area contributed by atoms with Gasteiger partial charge in [0.25, 0.3) is 0 Å². The number of amides is 1. The Morgan fingerprint density at radius 1 is 1.06 bits per heavy atom. The molecule has 0 aliphatic rings. The average Bonchev–Trinajstić information content (AvgIpc) is 3.24. The van der Waals surface area contributed by atoms with Gasteiger partial charge in [-0.15, -0.1) is 0 Å². The fourth-order valence-electron chi connectivity index (χ4n) is 3.49. The van der Waals surface area contributed by atoms with Gasteiger partial charge in [0.05, 0.1) is 27.5 Å². The fraction of sp³-hybridized carbons (Fsp3) is 0.417. The number of carbonyl (C=O) groups excluding carboxylic acids is 1. The molecule has 34 heavy (non-hydrogen) atoms. The lowest BCUT2D eigenvalue weighted by atomic mass is 10.3. The summed E-state index contributed by atoms with van der Waals surface area (Å²) in [6, 6.07) is 11.6. The number of aromatic nitrogens is 1. The number of benzene rings is 2. The first-order chi connectivity index (χ1) is 16.3. The Hall–Kier alpha value is -2.20. The van der Waals surface area contributed by atoms with Crippen molar-refractivity contribution in [2.24, 2.45) is 0 Å². The van der Waals surface area contributed by atoms with Crippen molar-refractivity contribution in [2.45, 2.75) is 32.1 Å². The van der Waals surface area contributed by atoms with Crippen LogP contribution in [0.5, 0.6) is 5.75 Å². The van der Waals surface area contributed by atoms with E-state index in [4.69, 9.17) is 16.3 Å². The maximum atomic E-state index is 13.3. The molecule has 3 aromatic rings. The molecule has 0 radical (unpaired) electrons. The van der Waals surface area contributed by atoms with Gasteiger partial charge in [-0.05, 0) is 62.5 Å². The van der Waals surface area contributed by atoms with Gasteiger partial charge in [-0.25, -0.2) is 13.4 Å². The largest absolute Gasteiger partial charge is 0.494 e. The smallest absolute Gasteiger partial charge is 0.229 e. The third-order valence-electron chi connectivity index (χ3n) is 5.48. The Kier molecular flexibility index (Phi) is 9.30. The molecule has 1 aromatic heterocycles. The van der Waals surface area contributed by atoms with E-state index >= 15 is 0 Å². The third-order valence-corrected chi connectivity index (χ3v) is 8.51. The molecule has 0 aliphatic heterocycles. The molecule has 7 nitrogen and oxygen atoms in total. The zero-order chi connectivity index (χ0) is 24.7. The number of rotatable bonds is 12. The molecule has 0 unspecified atom stereocenters. The lowest BCUT2D eigenvalue weighted by Gasteiger charge is -2.24. The number of halogens is 1. The first kappa shape index (κ1) is 26.4. The van der Waals surface area contributed by atoms with E-state index in [0.717, 1.165) is 29.1 Å². The number of anilines is 1. The van der Waals surface area contributed by atoms with Gasteiger partial charge in [0.2, 0.25) is 5.91 Å². The Balaban J connectivity index is 1.82. The van der Waals surface area contributed by atoms with E-state index < -0.39 is 9.84 Å². The highest BCUT2D eigenvalue weighted by Gasteiger charge is 2.24. The van der Waals surface area contributed by atoms with Gasteiger partial charge in [0.1, 0.15) is 5.75 Å². The van der Waals surface area contributed by atoms with Crippen molar-refractivity contribution in [2.75, 3.05) is 43.4 Å². The molecule has 0 N–H and O–H groups in total. The van der Waals surface area contributed by atoms with E-state index in [1.807, 2.05) is 25.1 Å². The SMILES string of the molecule is CCOc1ccc2nc(N(CCN(CC)CC)C(=O)CCS(=O)(=O)c3ccc(Cl)cc3)sc2c1. The average molecular weight is 524 g/mol. The minimum Gasteiger partial charge on any atom is -0.494 e. The molecule has 0 saturated carbocycles. The molecule has 184 valence electrons. The van der Waals surface area contributed by atoms with Crippen LogP contribution in [0.25, 0.3) is 10.2 Å². The van der Waals surface area contributed by atoms with E-state index in [2.05, 4.69) is 23.7 Å². The van der Waals surface area contributed by atoms with E-state index in [1.54, 1.807) is 4.90 Å². The molecule has 1 amide bonds. The van der Waals surface area contributed by atoms with Crippen LogP contribution in [0.4, 0.5) is 5.13 Å². The summed E-state index contributed by atoms with van der Waals surface area (Å²) in [6.45, 7) is 9.45. The van der Waals surface area contributed by atoms with E-state index in [0.29, 0.717) is 29.9 Å². The van der Waals surface area contributed by atoms with Crippen LogP contribution in [0.2, 0.25) is 5.02 Å². The van der Waals surface area contributed by atoms with E-state index in [9.17, 15) is 13.2 Å². The molecule has 2 aromatic carbocycles. The molecule has 0 fully saturated rings. The number of fused-ring (bicyclic) bond motifs is 1. The summed E-state index contributed by atoms with van der Waals surface area (Å²) in [4.78, 5) is 21.9. The molecule has 10 heteroatoms. The lowest BCUT2D eigenvalue weighted by Crippen LogP contribution is -2.39. The van der Waals surface area contributed by atoms with Crippen LogP contribution in [0.3, 0.4) is 0 Å². The molecular weight excluding hydrogens is 494 g/mol. The predicted octanol–water partition coefficient (Wildman–Crippen LogP) is 4.89. The van der Waals surface area contributed by atoms with Gasteiger partial charge in [-0.2, -0.15) is 0 Å². The second-order valence-corrected chi connectivity index (χ2v) is 11.2. The van der Waals surface area contributed by atoms with E-state index in [1.165, 1.54) is 35.6 Å². The van der Waals surface area contributed by atoms with Crippen molar-refractivity contribution in [3.8, 4) is 5.75 Å². The highest BCUT2D eigenvalue weighted by molar-refractivity contribution is 7.91. The van der Waals surface area contributed by atoms with Gasteiger partial charge >= 0.3 is 0 Å². The number of carbonyl (C=O) groups is 1. The Morgan fingerprint density at radius 3 is 2.41 bits per heavy atom. The third kappa shape index (κ3) is 6.69. The minimum atomic E-state index is -3.62. The number of likely N-dealkylation sites (N-methyl/N-ethyl adjacent to an activating group) is 1. The minimum absolute atomic E-state index is 0.136. The normalized spacial score (nSPS) is 11.8. The van der Waals surface area contributed by atoms with Crippen LogP contribution in [0.15, 0.2) is 47.4 Å². The first-order valence-electron chi connectivity index (χ1n) is 11.3. The molecule has 3 rings (SSSR count). The Labute approximate surface area is 210 Å². The van der Waals surface area contributed by atoms with Crippen LogP contribution in [-0.2, 0) is 14.6 Å². The monoisotopic (exact) mass is 523 g/mol. The molecule has 1 heterocycles. The number of hydrogen-bond acceptors (Lipinski definition) is 7. The number of sulfone groups is 1. The summed E-state index contributed by atoms with van der Waals surface area (Å²) in [5.41, 5.74) is 0.776. The maximum absolute atomic E-state index is 13.3. The summed E-state index contributed by atoms with van der Waals surface area (Å²) in [5, 5.41) is 1.02. The number of nitrogens with zero attached hydrogens (tertiary/aromatic N) is 3.